The molecule has 1 fully saturated rings. The van der Waals surface area contributed by atoms with Crippen LogP contribution in [0.2, 0.25) is 0 Å². The van der Waals surface area contributed by atoms with Crippen molar-refractivity contribution in [3.05, 3.63) is 0 Å². The van der Waals surface area contributed by atoms with Crippen molar-refractivity contribution in [2.75, 3.05) is 7.05 Å². The Hall–Kier alpha value is -0.570. The first kappa shape index (κ1) is 14.9. The standard InChI is InChI=1S/C7H15N.C2H6.CH3NO/c1-8-7-5-3-2-4-6-7;1-2;2-1-3/h7-8H,2-6H2,1H3;1-2H3;1H,(H2,2,3). The van der Waals surface area contributed by atoms with Crippen LogP contribution in [0.3, 0.4) is 0 Å². The summed E-state index contributed by atoms with van der Waals surface area (Å²) >= 11 is 0. The summed E-state index contributed by atoms with van der Waals surface area (Å²) in [5, 5.41) is 3.30. The topological polar surface area (TPSA) is 55.1 Å². The smallest absolute Gasteiger partial charge is 0.204 e. The van der Waals surface area contributed by atoms with Crippen LogP contribution in [0.4, 0.5) is 0 Å². The van der Waals surface area contributed by atoms with E-state index in [9.17, 15) is 0 Å². The fourth-order valence-electron chi connectivity index (χ4n) is 1.39. The number of primary amides is 1. The van der Waals surface area contributed by atoms with Crippen molar-refractivity contribution in [1.82, 2.24) is 5.32 Å². The first-order valence-electron chi connectivity index (χ1n) is 5.17. The van der Waals surface area contributed by atoms with E-state index in [1.54, 1.807) is 0 Å². The Kier molecular flexibility index (Phi) is 16.1. The maximum Gasteiger partial charge on any atom is 0.204 e. The Labute approximate surface area is 82.1 Å². The van der Waals surface area contributed by atoms with Crippen molar-refractivity contribution in [3.63, 3.8) is 0 Å². The van der Waals surface area contributed by atoms with Crippen LogP contribution >= 0.6 is 0 Å². The average Bonchev–Trinajstić information content (AvgIpc) is 2.23. The van der Waals surface area contributed by atoms with E-state index in [4.69, 9.17) is 4.79 Å². The lowest BCUT2D eigenvalue weighted by molar-refractivity contribution is -0.106. The molecule has 1 amide bonds. The van der Waals surface area contributed by atoms with Gasteiger partial charge in [-0.1, -0.05) is 33.1 Å². The van der Waals surface area contributed by atoms with Gasteiger partial charge in [0.05, 0.1) is 0 Å². The maximum absolute atomic E-state index is 8.58. The molecule has 0 radical (unpaired) electrons. The molecule has 1 aliphatic carbocycles. The zero-order chi connectivity index (χ0) is 10.5. The summed E-state index contributed by atoms with van der Waals surface area (Å²) in [6.07, 6.45) is 7.38. The molecular formula is C10H24N2O. The summed E-state index contributed by atoms with van der Waals surface area (Å²) in [5.41, 5.74) is 4.17. The minimum atomic E-state index is 0.250. The quantitative estimate of drug-likeness (QED) is 0.615. The molecule has 0 aliphatic heterocycles. The Balaban J connectivity index is 0. The molecule has 3 heteroatoms. The van der Waals surface area contributed by atoms with Gasteiger partial charge in [-0.2, -0.15) is 0 Å². The van der Waals surface area contributed by atoms with E-state index < -0.39 is 0 Å². The minimum Gasteiger partial charge on any atom is -0.372 e. The van der Waals surface area contributed by atoms with Crippen LogP contribution in [0.1, 0.15) is 46.0 Å². The summed E-state index contributed by atoms with van der Waals surface area (Å²) in [6.45, 7) is 4.00. The predicted molar refractivity (Wildman–Crippen MR) is 57.5 cm³/mol. The highest BCUT2D eigenvalue weighted by atomic mass is 16.1. The Bertz CT molecular complexity index is 90.9. The van der Waals surface area contributed by atoms with Gasteiger partial charge in [-0.25, -0.2) is 0 Å². The Morgan fingerprint density at radius 2 is 1.62 bits per heavy atom. The number of nitrogens with two attached hydrogens (primary N) is 1. The van der Waals surface area contributed by atoms with Crippen LogP contribution in [0.15, 0.2) is 0 Å². The SMILES string of the molecule is CC.CNC1CCCCC1.NC=O. The van der Waals surface area contributed by atoms with Crippen LogP contribution in [0.5, 0.6) is 0 Å². The average molecular weight is 188 g/mol. The van der Waals surface area contributed by atoms with Crippen molar-refractivity contribution in [2.24, 2.45) is 5.73 Å². The van der Waals surface area contributed by atoms with Gasteiger partial charge in [0, 0.05) is 6.04 Å². The van der Waals surface area contributed by atoms with E-state index in [0.29, 0.717) is 0 Å². The molecule has 80 valence electrons. The van der Waals surface area contributed by atoms with Gasteiger partial charge in [-0.05, 0) is 19.9 Å². The molecule has 0 spiro atoms. The first-order valence-corrected chi connectivity index (χ1v) is 5.17. The second-order valence-electron chi connectivity index (χ2n) is 2.76. The summed E-state index contributed by atoms with van der Waals surface area (Å²) in [5.74, 6) is 0. The zero-order valence-corrected chi connectivity index (χ0v) is 9.18. The molecule has 1 saturated carbocycles. The van der Waals surface area contributed by atoms with Gasteiger partial charge in [-0.15, -0.1) is 0 Å². The van der Waals surface area contributed by atoms with Crippen molar-refractivity contribution >= 4 is 6.41 Å². The van der Waals surface area contributed by atoms with Crippen molar-refractivity contribution < 1.29 is 4.79 Å². The number of nitrogens with one attached hydrogen (secondary N) is 1. The lowest BCUT2D eigenvalue weighted by atomic mass is 9.96. The first-order chi connectivity index (χ1) is 6.35. The summed E-state index contributed by atoms with van der Waals surface area (Å²) in [6, 6.07) is 0.837. The van der Waals surface area contributed by atoms with Gasteiger partial charge in [0.15, 0.2) is 0 Å². The Morgan fingerprint density at radius 3 is 1.85 bits per heavy atom. The molecule has 0 heterocycles. The minimum absolute atomic E-state index is 0.250. The third-order valence-electron chi connectivity index (χ3n) is 2.01. The molecule has 0 saturated heterocycles. The molecule has 0 aromatic rings. The number of carbonyl (C=O) groups excluding carboxylic acids is 1. The van der Waals surface area contributed by atoms with Crippen molar-refractivity contribution in [1.29, 1.82) is 0 Å². The van der Waals surface area contributed by atoms with Gasteiger partial charge >= 0.3 is 0 Å². The maximum atomic E-state index is 8.58. The lowest BCUT2D eigenvalue weighted by Gasteiger charge is -2.20. The fraction of sp³-hybridized carbons (Fsp3) is 0.900. The highest BCUT2D eigenvalue weighted by molar-refractivity contribution is 5.42. The molecule has 0 atom stereocenters. The van der Waals surface area contributed by atoms with Gasteiger partial charge < -0.3 is 11.1 Å². The van der Waals surface area contributed by atoms with Crippen molar-refractivity contribution in [2.45, 2.75) is 52.0 Å². The molecule has 3 N–H and O–H groups in total. The number of rotatable bonds is 1. The summed E-state index contributed by atoms with van der Waals surface area (Å²) in [4.78, 5) is 8.58. The second-order valence-corrected chi connectivity index (χ2v) is 2.76. The van der Waals surface area contributed by atoms with Crippen molar-refractivity contribution in [3.8, 4) is 0 Å². The number of amides is 1. The highest BCUT2D eigenvalue weighted by Crippen LogP contribution is 2.16. The molecule has 3 nitrogen and oxygen atoms in total. The highest BCUT2D eigenvalue weighted by Gasteiger charge is 2.09. The number of hydrogen-bond acceptors (Lipinski definition) is 2. The van der Waals surface area contributed by atoms with Crippen LogP contribution in [0.25, 0.3) is 0 Å². The molecule has 0 unspecified atom stereocenters. The molecular weight excluding hydrogens is 164 g/mol. The van der Waals surface area contributed by atoms with E-state index in [1.807, 2.05) is 13.8 Å². The third-order valence-corrected chi connectivity index (χ3v) is 2.01. The second kappa shape index (κ2) is 14.0. The van der Waals surface area contributed by atoms with E-state index in [2.05, 4.69) is 18.1 Å². The lowest BCUT2D eigenvalue weighted by Crippen LogP contribution is -2.26. The number of carbonyl (C=O) groups is 1. The van der Waals surface area contributed by atoms with E-state index >= 15 is 0 Å². The van der Waals surface area contributed by atoms with Crippen LogP contribution in [-0.4, -0.2) is 19.5 Å². The monoisotopic (exact) mass is 188 g/mol. The van der Waals surface area contributed by atoms with E-state index in [1.165, 1.54) is 32.1 Å². The van der Waals surface area contributed by atoms with Gasteiger partial charge in [0.2, 0.25) is 6.41 Å². The summed E-state index contributed by atoms with van der Waals surface area (Å²) < 4.78 is 0. The Morgan fingerprint density at radius 1 is 1.23 bits per heavy atom. The molecule has 13 heavy (non-hydrogen) atoms. The molecule has 0 aromatic heterocycles. The van der Waals surface area contributed by atoms with Crippen LogP contribution < -0.4 is 11.1 Å². The van der Waals surface area contributed by atoms with Gasteiger partial charge in [0.1, 0.15) is 0 Å². The molecule has 0 bridgehead atoms. The zero-order valence-electron chi connectivity index (χ0n) is 9.18. The molecule has 1 aliphatic rings. The largest absolute Gasteiger partial charge is 0.372 e. The van der Waals surface area contributed by atoms with Gasteiger partial charge in [-0.3, -0.25) is 4.79 Å². The fourth-order valence-corrected chi connectivity index (χ4v) is 1.39. The van der Waals surface area contributed by atoms with Gasteiger partial charge in [0.25, 0.3) is 0 Å². The molecule has 1 rings (SSSR count). The van der Waals surface area contributed by atoms with Crippen LogP contribution in [0, 0.1) is 0 Å². The van der Waals surface area contributed by atoms with E-state index in [0.717, 1.165) is 6.04 Å². The predicted octanol–water partition coefficient (Wildman–Crippen LogP) is 1.67. The third kappa shape index (κ3) is 11.4. The molecule has 0 aromatic carbocycles. The van der Waals surface area contributed by atoms with Crippen LogP contribution in [-0.2, 0) is 4.79 Å². The number of hydrogen-bond donors (Lipinski definition) is 2. The van der Waals surface area contributed by atoms with E-state index in [-0.39, 0.29) is 6.41 Å². The summed E-state index contributed by atoms with van der Waals surface area (Å²) in [7, 11) is 2.07. The normalized spacial score (nSPS) is 15.9.